The van der Waals surface area contributed by atoms with E-state index in [0.29, 0.717) is 22.4 Å². The van der Waals surface area contributed by atoms with Crippen molar-refractivity contribution in [2.45, 2.75) is 37.8 Å². The minimum atomic E-state index is -0.194. The molecule has 2 heterocycles. The maximum absolute atomic E-state index is 9.54. The molecule has 1 aliphatic rings. The number of fused-ring (bicyclic) bond motifs is 1. The second kappa shape index (κ2) is 4.24. The molecular weight excluding hydrogens is 229 g/mol. The summed E-state index contributed by atoms with van der Waals surface area (Å²) in [6.07, 6.45) is 4.55. The predicted octanol–water partition coefficient (Wildman–Crippen LogP) is -0.322. The van der Waals surface area contributed by atoms with Gasteiger partial charge in [-0.25, -0.2) is 14.6 Å². The lowest BCUT2D eigenvalue weighted by molar-refractivity contribution is 0.109. The molecular formula is C11H14BN5O. The zero-order valence-electron chi connectivity index (χ0n) is 9.95. The van der Waals surface area contributed by atoms with Crippen LogP contribution in [0, 0.1) is 0 Å². The van der Waals surface area contributed by atoms with E-state index in [1.54, 1.807) is 0 Å². The van der Waals surface area contributed by atoms with Crippen LogP contribution in [0.2, 0.25) is 0 Å². The summed E-state index contributed by atoms with van der Waals surface area (Å²) in [7, 11) is 5.87. The molecule has 18 heavy (non-hydrogen) atoms. The van der Waals surface area contributed by atoms with Crippen molar-refractivity contribution in [3.63, 3.8) is 0 Å². The number of anilines is 1. The number of rotatable bonds is 1. The number of aliphatic hydroxyl groups is 1. The van der Waals surface area contributed by atoms with Gasteiger partial charge in [0.1, 0.15) is 20.0 Å². The minimum absolute atomic E-state index is 0.194. The molecule has 2 aromatic rings. The second-order valence-electron chi connectivity index (χ2n) is 4.75. The molecule has 0 aliphatic heterocycles. The molecule has 0 atom stereocenters. The first-order chi connectivity index (χ1) is 8.66. The lowest BCUT2D eigenvalue weighted by Crippen LogP contribution is -2.23. The SMILES string of the molecule is [B]c1nn(C2CCC(O)CC2)c2ncnc(N)c12. The monoisotopic (exact) mass is 243 g/mol. The van der Waals surface area contributed by atoms with Crippen LogP contribution in [0.3, 0.4) is 0 Å². The molecule has 6 nitrogen and oxygen atoms in total. The molecule has 1 saturated carbocycles. The number of nitrogens with zero attached hydrogens (tertiary/aromatic N) is 4. The number of hydrogen-bond acceptors (Lipinski definition) is 5. The summed E-state index contributed by atoms with van der Waals surface area (Å²) < 4.78 is 1.83. The fourth-order valence-electron chi connectivity index (χ4n) is 2.58. The Hall–Kier alpha value is -1.63. The first-order valence-corrected chi connectivity index (χ1v) is 6.09. The highest BCUT2D eigenvalue weighted by atomic mass is 16.3. The van der Waals surface area contributed by atoms with E-state index in [1.807, 2.05) is 4.68 Å². The summed E-state index contributed by atoms with van der Waals surface area (Å²) in [5.74, 6) is 0.361. The van der Waals surface area contributed by atoms with Gasteiger partial charge in [0.25, 0.3) is 0 Å². The fourth-order valence-corrected chi connectivity index (χ4v) is 2.58. The Morgan fingerprint density at radius 3 is 2.72 bits per heavy atom. The van der Waals surface area contributed by atoms with E-state index in [-0.39, 0.29) is 12.1 Å². The summed E-state index contributed by atoms with van der Waals surface area (Å²) >= 11 is 0. The van der Waals surface area contributed by atoms with Crippen molar-refractivity contribution < 1.29 is 5.11 Å². The molecule has 0 bridgehead atoms. The number of nitrogens with two attached hydrogens (primary N) is 1. The third-order valence-corrected chi connectivity index (χ3v) is 3.56. The van der Waals surface area contributed by atoms with Gasteiger partial charge in [-0.15, -0.1) is 0 Å². The van der Waals surface area contributed by atoms with Crippen LogP contribution in [0.1, 0.15) is 31.7 Å². The Morgan fingerprint density at radius 1 is 1.28 bits per heavy atom. The van der Waals surface area contributed by atoms with Crippen LogP contribution in [0.15, 0.2) is 6.33 Å². The third kappa shape index (κ3) is 1.75. The van der Waals surface area contributed by atoms with Crippen LogP contribution >= 0.6 is 0 Å². The largest absolute Gasteiger partial charge is 0.393 e. The summed E-state index contributed by atoms with van der Waals surface area (Å²) in [4.78, 5) is 8.16. The first kappa shape index (κ1) is 11.5. The van der Waals surface area contributed by atoms with E-state index in [4.69, 9.17) is 13.6 Å². The smallest absolute Gasteiger partial charge is 0.162 e. The fraction of sp³-hybridized carbons (Fsp3) is 0.545. The Labute approximate surface area is 106 Å². The summed E-state index contributed by atoms with van der Waals surface area (Å²) in [6, 6.07) is 0.225. The van der Waals surface area contributed by atoms with Crippen molar-refractivity contribution in [1.29, 1.82) is 0 Å². The number of aliphatic hydroxyl groups excluding tert-OH is 1. The van der Waals surface area contributed by atoms with E-state index in [9.17, 15) is 5.11 Å². The molecule has 2 aromatic heterocycles. The highest BCUT2D eigenvalue weighted by Gasteiger charge is 2.24. The molecule has 7 heteroatoms. The quantitative estimate of drug-likeness (QED) is 0.670. The predicted molar refractivity (Wildman–Crippen MR) is 68.6 cm³/mol. The van der Waals surface area contributed by atoms with Crippen LogP contribution in [0.5, 0.6) is 0 Å². The van der Waals surface area contributed by atoms with Gasteiger partial charge in [-0.2, -0.15) is 5.10 Å². The van der Waals surface area contributed by atoms with Crippen molar-refractivity contribution in [2.24, 2.45) is 0 Å². The molecule has 0 aromatic carbocycles. The van der Waals surface area contributed by atoms with E-state index in [2.05, 4.69) is 15.1 Å². The molecule has 92 valence electrons. The van der Waals surface area contributed by atoms with E-state index < -0.39 is 0 Å². The highest BCUT2D eigenvalue weighted by molar-refractivity contribution is 6.38. The van der Waals surface area contributed by atoms with E-state index in [0.717, 1.165) is 25.7 Å². The molecule has 0 amide bonds. The van der Waals surface area contributed by atoms with Gasteiger partial charge in [0.15, 0.2) is 5.65 Å². The van der Waals surface area contributed by atoms with Crippen LogP contribution < -0.4 is 11.3 Å². The number of hydrogen-bond donors (Lipinski definition) is 2. The standard InChI is InChI=1S/C11H14BN5O/c12-9-8-10(13)14-5-15-11(8)17(16-9)6-1-3-7(18)4-2-6/h5-7,18H,1-4H2,(H2,13,14,15). The van der Waals surface area contributed by atoms with Gasteiger partial charge in [-0.3, -0.25) is 0 Å². The van der Waals surface area contributed by atoms with Gasteiger partial charge >= 0.3 is 0 Å². The Bertz CT molecular complexity index is 576. The summed E-state index contributed by atoms with van der Waals surface area (Å²) in [6.45, 7) is 0. The molecule has 3 rings (SSSR count). The Kier molecular flexibility index (Phi) is 2.70. The van der Waals surface area contributed by atoms with Crippen molar-refractivity contribution in [3.8, 4) is 0 Å². The molecule has 1 aliphatic carbocycles. The van der Waals surface area contributed by atoms with Crippen LogP contribution in [0.4, 0.5) is 5.82 Å². The van der Waals surface area contributed by atoms with Crippen LogP contribution in [-0.2, 0) is 0 Å². The normalized spacial score (nSPS) is 24.5. The maximum Gasteiger partial charge on any atom is 0.162 e. The zero-order chi connectivity index (χ0) is 12.7. The van der Waals surface area contributed by atoms with E-state index in [1.165, 1.54) is 6.33 Å². The zero-order valence-corrected chi connectivity index (χ0v) is 9.95. The molecule has 2 radical (unpaired) electrons. The molecule has 0 saturated heterocycles. The maximum atomic E-state index is 9.54. The van der Waals surface area contributed by atoms with Crippen LogP contribution in [-0.4, -0.2) is 38.8 Å². The summed E-state index contributed by atoms with van der Waals surface area (Å²) in [5, 5.41) is 14.5. The molecule has 0 spiro atoms. The summed E-state index contributed by atoms with van der Waals surface area (Å²) in [5.41, 5.74) is 6.85. The topological polar surface area (TPSA) is 89.8 Å². The average Bonchev–Trinajstić information content (AvgIpc) is 2.69. The Morgan fingerprint density at radius 2 is 2.00 bits per heavy atom. The average molecular weight is 243 g/mol. The second-order valence-corrected chi connectivity index (χ2v) is 4.75. The van der Waals surface area contributed by atoms with Crippen LogP contribution in [0.25, 0.3) is 11.0 Å². The van der Waals surface area contributed by atoms with Crippen molar-refractivity contribution >= 4 is 30.3 Å². The molecule has 0 unspecified atom stereocenters. The van der Waals surface area contributed by atoms with Gasteiger partial charge < -0.3 is 10.8 Å². The minimum Gasteiger partial charge on any atom is -0.393 e. The van der Waals surface area contributed by atoms with Crippen molar-refractivity contribution in [2.75, 3.05) is 5.73 Å². The number of aromatic nitrogens is 4. The van der Waals surface area contributed by atoms with E-state index >= 15 is 0 Å². The molecule has 3 N–H and O–H groups in total. The van der Waals surface area contributed by atoms with Gasteiger partial charge in [-0.1, -0.05) is 0 Å². The van der Waals surface area contributed by atoms with Gasteiger partial charge in [0.2, 0.25) is 0 Å². The van der Waals surface area contributed by atoms with Gasteiger partial charge in [0, 0.05) is 5.59 Å². The van der Waals surface area contributed by atoms with Gasteiger partial charge in [0.05, 0.1) is 17.5 Å². The molecule has 1 fully saturated rings. The first-order valence-electron chi connectivity index (χ1n) is 6.09. The third-order valence-electron chi connectivity index (χ3n) is 3.56. The lowest BCUT2D eigenvalue weighted by Gasteiger charge is -2.25. The van der Waals surface area contributed by atoms with Crippen molar-refractivity contribution in [1.82, 2.24) is 19.7 Å². The van der Waals surface area contributed by atoms with Gasteiger partial charge in [-0.05, 0) is 25.7 Å². The Balaban J connectivity index is 2.05. The number of nitrogen functional groups attached to an aromatic ring is 1. The lowest BCUT2D eigenvalue weighted by atomic mass is 9.93. The van der Waals surface area contributed by atoms with Crippen molar-refractivity contribution in [3.05, 3.63) is 6.33 Å². The highest BCUT2D eigenvalue weighted by Crippen LogP contribution is 2.30.